The zero-order valence-corrected chi connectivity index (χ0v) is 10.2. The maximum absolute atomic E-state index is 12.0. The third kappa shape index (κ3) is 3.45. The molecule has 0 bridgehead atoms. The summed E-state index contributed by atoms with van der Waals surface area (Å²) in [5, 5.41) is 11.5. The molecule has 1 heterocycles. The number of benzene rings is 1. The van der Waals surface area contributed by atoms with Crippen molar-refractivity contribution < 1.29 is 14.7 Å². The molecule has 5 heteroatoms. The largest absolute Gasteiger partial charge is 0.480 e. The molecule has 2 aromatic rings. The Kier molecular flexibility index (Phi) is 3.97. The van der Waals surface area contributed by atoms with Gasteiger partial charge in [-0.3, -0.25) is 9.59 Å². The van der Waals surface area contributed by atoms with E-state index in [0.717, 1.165) is 5.56 Å². The molecule has 0 fully saturated rings. The third-order valence-corrected chi connectivity index (χ3v) is 2.66. The highest BCUT2D eigenvalue weighted by atomic mass is 16.4. The molecule has 0 aliphatic rings. The summed E-state index contributed by atoms with van der Waals surface area (Å²) in [7, 11) is 0. The van der Waals surface area contributed by atoms with Crippen LogP contribution in [0.5, 0.6) is 0 Å². The first-order valence-corrected chi connectivity index (χ1v) is 5.86. The lowest BCUT2D eigenvalue weighted by Crippen LogP contribution is -2.26. The van der Waals surface area contributed by atoms with E-state index in [2.05, 4.69) is 5.32 Å². The topological polar surface area (TPSA) is 71.3 Å². The lowest BCUT2D eigenvalue weighted by atomic mass is 10.2. The van der Waals surface area contributed by atoms with E-state index in [9.17, 15) is 9.59 Å². The van der Waals surface area contributed by atoms with Crippen molar-refractivity contribution >= 4 is 11.9 Å². The molecule has 1 amide bonds. The second kappa shape index (κ2) is 5.86. The average Bonchev–Trinajstić information content (AvgIpc) is 2.84. The van der Waals surface area contributed by atoms with E-state index in [1.165, 1.54) is 4.57 Å². The Morgan fingerprint density at radius 3 is 2.53 bits per heavy atom. The number of carbonyl (C=O) groups is 2. The summed E-state index contributed by atoms with van der Waals surface area (Å²) in [6.07, 6.45) is 1.57. The van der Waals surface area contributed by atoms with Crippen LogP contribution in [-0.2, 0) is 17.9 Å². The SMILES string of the molecule is O=C(O)Cn1cccc1C(=O)NCc1ccccc1. The third-order valence-electron chi connectivity index (χ3n) is 2.66. The van der Waals surface area contributed by atoms with E-state index in [4.69, 9.17) is 5.11 Å². The smallest absolute Gasteiger partial charge is 0.323 e. The van der Waals surface area contributed by atoms with Gasteiger partial charge in [0.15, 0.2) is 0 Å². The molecule has 1 aromatic heterocycles. The molecule has 0 unspecified atom stereocenters. The van der Waals surface area contributed by atoms with Gasteiger partial charge in [0.1, 0.15) is 12.2 Å². The summed E-state index contributed by atoms with van der Waals surface area (Å²) in [4.78, 5) is 22.6. The van der Waals surface area contributed by atoms with E-state index in [0.29, 0.717) is 12.2 Å². The van der Waals surface area contributed by atoms with Crippen LogP contribution in [0.3, 0.4) is 0 Å². The standard InChI is InChI=1S/C14H14N2O3/c17-13(18)10-16-8-4-7-12(16)14(19)15-9-11-5-2-1-3-6-11/h1-8H,9-10H2,(H,15,19)(H,17,18). The lowest BCUT2D eigenvalue weighted by Gasteiger charge is -2.08. The number of hydrogen-bond donors (Lipinski definition) is 2. The van der Waals surface area contributed by atoms with E-state index in [1.54, 1.807) is 18.3 Å². The second-order valence-electron chi connectivity index (χ2n) is 4.08. The molecule has 0 saturated carbocycles. The Balaban J connectivity index is 2.00. The van der Waals surface area contributed by atoms with Crippen LogP contribution in [0.15, 0.2) is 48.7 Å². The summed E-state index contributed by atoms with van der Waals surface area (Å²) < 4.78 is 1.41. The highest BCUT2D eigenvalue weighted by Crippen LogP contribution is 2.04. The van der Waals surface area contributed by atoms with Crippen molar-refractivity contribution in [2.45, 2.75) is 13.1 Å². The minimum Gasteiger partial charge on any atom is -0.480 e. The van der Waals surface area contributed by atoms with Crippen LogP contribution in [0.4, 0.5) is 0 Å². The molecule has 98 valence electrons. The number of hydrogen-bond acceptors (Lipinski definition) is 2. The lowest BCUT2D eigenvalue weighted by molar-refractivity contribution is -0.137. The molecule has 1 aromatic carbocycles. The average molecular weight is 258 g/mol. The molecule has 0 aliphatic carbocycles. The molecule has 0 spiro atoms. The summed E-state index contributed by atoms with van der Waals surface area (Å²) in [5.41, 5.74) is 1.34. The van der Waals surface area contributed by atoms with Crippen LogP contribution in [0.2, 0.25) is 0 Å². The molecule has 2 rings (SSSR count). The Labute approximate surface area is 110 Å². The fourth-order valence-corrected chi connectivity index (χ4v) is 1.77. The minimum absolute atomic E-state index is 0.221. The summed E-state index contributed by atoms with van der Waals surface area (Å²) >= 11 is 0. The predicted molar refractivity (Wildman–Crippen MR) is 69.7 cm³/mol. The van der Waals surface area contributed by atoms with Crippen molar-refractivity contribution in [2.75, 3.05) is 0 Å². The van der Waals surface area contributed by atoms with Crippen LogP contribution in [0.1, 0.15) is 16.1 Å². The van der Waals surface area contributed by atoms with Crippen LogP contribution in [-0.4, -0.2) is 21.6 Å². The fraction of sp³-hybridized carbons (Fsp3) is 0.143. The summed E-state index contributed by atoms with van der Waals surface area (Å²) in [5.74, 6) is -1.26. The van der Waals surface area contributed by atoms with Crippen molar-refractivity contribution in [3.63, 3.8) is 0 Å². The van der Waals surface area contributed by atoms with Crippen molar-refractivity contribution in [2.24, 2.45) is 0 Å². The molecule has 5 nitrogen and oxygen atoms in total. The highest BCUT2D eigenvalue weighted by Gasteiger charge is 2.12. The monoisotopic (exact) mass is 258 g/mol. The predicted octanol–water partition coefficient (Wildman–Crippen LogP) is 1.50. The first kappa shape index (κ1) is 12.9. The number of carboxylic acid groups (broad SMARTS) is 1. The van der Waals surface area contributed by atoms with Crippen molar-refractivity contribution in [3.8, 4) is 0 Å². The van der Waals surface area contributed by atoms with Gasteiger partial charge in [-0.25, -0.2) is 0 Å². The van der Waals surface area contributed by atoms with Gasteiger partial charge in [0.05, 0.1) is 0 Å². The number of carbonyl (C=O) groups excluding carboxylic acids is 1. The number of carboxylic acids is 1. The van der Waals surface area contributed by atoms with Crippen molar-refractivity contribution in [1.29, 1.82) is 0 Å². The first-order chi connectivity index (χ1) is 9.16. The normalized spacial score (nSPS) is 10.1. The van der Waals surface area contributed by atoms with Crippen LogP contribution in [0.25, 0.3) is 0 Å². The fourth-order valence-electron chi connectivity index (χ4n) is 1.77. The number of nitrogens with one attached hydrogen (secondary N) is 1. The van der Waals surface area contributed by atoms with Crippen LogP contribution in [0, 0.1) is 0 Å². The Morgan fingerprint density at radius 1 is 1.11 bits per heavy atom. The van der Waals surface area contributed by atoms with Gasteiger partial charge in [0.2, 0.25) is 0 Å². The van der Waals surface area contributed by atoms with E-state index >= 15 is 0 Å². The molecule has 0 aliphatic heterocycles. The van der Waals surface area contributed by atoms with Crippen LogP contribution >= 0.6 is 0 Å². The number of aromatic nitrogens is 1. The number of aliphatic carboxylic acids is 1. The van der Waals surface area contributed by atoms with Gasteiger partial charge >= 0.3 is 5.97 Å². The molecular formula is C14H14N2O3. The highest BCUT2D eigenvalue weighted by molar-refractivity contribution is 5.93. The molecular weight excluding hydrogens is 244 g/mol. The van der Waals surface area contributed by atoms with Gasteiger partial charge < -0.3 is 15.0 Å². The Bertz CT molecular complexity index is 575. The van der Waals surface area contributed by atoms with Gasteiger partial charge in [0.25, 0.3) is 5.91 Å². The molecule has 19 heavy (non-hydrogen) atoms. The maximum atomic E-state index is 12.0. The van der Waals surface area contributed by atoms with Gasteiger partial charge in [-0.1, -0.05) is 30.3 Å². The van der Waals surface area contributed by atoms with Crippen LogP contribution < -0.4 is 5.32 Å². The van der Waals surface area contributed by atoms with Gasteiger partial charge in [-0.15, -0.1) is 0 Å². The molecule has 0 radical (unpaired) electrons. The number of rotatable bonds is 5. The quantitative estimate of drug-likeness (QED) is 0.853. The first-order valence-electron chi connectivity index (χ1n) is 5.86. The van der Waals surface area contributed by atoms with E-state index < -0.39 is 5.97 Å². The molecule has 0 saturated heterocycles. The Hall–Kier alpha value is -2.56. The maximum Gasteiger partial charge on any atom is 0.323 e. The summed E-state index contributed by atoms with van der Waals surface area (Å²) in [6.45, 7) is 0.193. The molecule has 0 atom stereocenters. The number of amides is 1. The van der Waals surface area contributed by atoms with E-state index in [1.807, 2.05) is 30.3 Å². The van der Waals surface area contributed by atoms with Gasteiger partial charge in [-0.05, 0) is 17.7 Å². The molecule has 2 N–H and O–H groups in total. The van der Waals surface area contributed by atoms with Crippen molar-refractivity contribution in [3.05, 3.63) is 59.9 Å². The van der Waals surface area contributed by atoms with E-state index in [-0.39, 0.29) is 12.5 Å². The summed E-state index contributed by atoms with van der Waals surface area (Å²) in [6, 6.07) is 12.8. The van der Waals surface area contributed by atoms with Gasteiger partial charge in [-0.2, -0.15) is 0 Å². The Morgan fingerprint density at radius 2 is 1.84 bits per heavy atom. The zero-order valence-electron chi connectivity index (χ0n) is 10.2. The zero-order chi connectivity index (χ0) is 13.7. The second-order valence-corrected chi connectivity index (χ2v) is 4.08. The minimum atomic E-state index is -0.978. The van der Waals surface area contributed by atoms with Crippen molar-refractivity contribution in [1.82, 2.24) is 9.88 Å². The van der Waals surface area contributed by atoms with Gasteiger partial charge in [0, 0.05) is 12.7 Å². The number of nitrogens with zero attached hydrogens (tertiary/aromatic N) is 1.